The van der Waals surface area contributed by atoms with Crippen LogP contribution in [0.2, 0.25) is 0 Å². The Morgan fingerprint density at radius 2 is 1.62 bits per heavy atom. The second-order valence-electron chi connectivity index (χ2n) is 8.02. The molecule has 0 unspecified atom stereocenters. The number of carbonyl (C=O) groups is 1. The summed E-state index contributed by atoms with van der Waals surface area (Å²) in [6.07, 6.45) is 4.34. The fourth-order valence-corrected chi connectivity index (χ4v) is 4.09. The number of hydrogen-bond donors (Lipinski definition) is 0. The van der Waals surface area contributed by atoms with E-state index >= 15 is 0 Å². The molecule has 0 radical (unpaired) electrons. The number of hydrogen-bond acceptors (Lipinski definition) is 4. The Morgan fingerprint density at radius 1 is 0.906 bits per heavy atom. The molecule has 5 nitrogen and oxygen atoms in total. The molecule has 1 saturated heterocycles. The third kappa shape index (κ3) is 4.34. The first-order chi connectivity index (χ1) is 15.8. The van der Waals surface area contributed by atoms with Crippen molar-refractivity contribution in [2.75, 3.05) is 32.7 Å². The van der Waals surface area contributed by atoms with Gasteiger partial charge in [-0.3, -0.25) is 9.69 Å². The molecule has 32 heavy (non-hydrogen) atoms. The molecule has 0 bridgehead atoms. The lowest BCUT2D eigenvalue weighted by molar-refractivity contribution is 0.0650. The maximum absolute atomic E-state index is 13.2. The van der Waals surface area contributed by atoms with Crippen LogP contribution in [-0.2, 0) is 0 Å². The van der Waals surface area contributed by atoms with Gasteiger partial charge in [0, 0.05) is 43.9 Å². The maximum atomic E-state index is 13.2. The van der Waals surface area contributed by atoms with Gasteiger partial charge in [-0.1, -0.05) is 78.0 Å². The van der Waals surface area contributed by atoms with Gasteiger partial charge in [-0.15, -0.1) is 0 Å². The Bertz CT molecular complexity index is 1220. The summed E-state index contributed by atoms with van der Waals surface area (Å²) < 4.78 is 5.58. The Balaban J connectivity index is 1.24. The standard InChI is InChI=1S/C27H25N3O2/c31-27(30-18-16-29(17-19-30)15-7-10-21-8-3-1-4-9-21)23-13-14-25-24(20-23)26(32-28-25)22-11-5-2-6-12-22/h1-14,20H,15-19H2/b10-7+. The predicted molar refractivity (Wildman–Crippen MR) is 127 cm³/mol. The van der Waals surface area contributed by atoms with Crippen LogP contribution in [0.3, 0.4) is 0 Å². The molecule has 0 N–H and O–H groups in total. The van der Waals surface area contributed by atoms with Crippen molar-refractivity contribution >= 4 is 22.9 Å². The number of carbonyl (C=O) groups excluding carboxylic acids is 1. The lowest BCUT2D eigenvalue weighted by atomic mass is 10.1. The number of benzene rings is 3. The van der Waals surface area contributed by atoms with Gasteiger partial charge < -0.3 is 9.42 Å². The Labute approximate surface area is 187 Å². The Kier molecular flexibility index (Phi) is 5.81. The van der Waals surface area contributed by atoms with E-state index in [0.717, 1.165) is 49.2 Å². The number of aromatic nitrogens is 1. The van der Waals surface area contributed by atoms with Gasteiger partial charge in [-0.05, 0) is 23.8 Å². The van der Waals surface area contributed by atoms with Crippen LogP contribution in [0.5, 0.6) is 0 Å². The molecule has 0 spiro atoms. The minimum absolute atomic E-state index is 0.0617. The fourth-order valence-electron chi connectivity index (χ4n) is 4.09. The van der Waals surface area contributed by atoms with Crippen molar-refractivity contribution in [3.63, 3.8) is 0 Å². The highest BCUT2D eigenvalue weighted by atomic mass is 16.5. The summed E-state index contributed by atoms with van der Waals surface area (Å²) in [5.74, 6) is 0.761. The van der Waals surface area contributed by atoms with Gasteiger partial charge in [0.25, 0.3) is 5.91 Å². The van der Waals surface area contributed by atoms with Crippen LogP contribution in [0, 0.1) is 0 Å². The average molecular weight is 424 g/mol. The van der Waals surface area contributed by atoms with Gasteiger partial charge in [-0.2, -0.15) is 0 Å². The van der Waals surface area contributed by atoms with Gasteiger partial charge in [0.15, 0.2) is 5.76 Å². The van der Waals surface area contributed by atoms with Gasteiger partial charge >= 0.3 is 0 Å². The first kappa shape index (κ1) is 20.2. The quantitative estimate of drug-likeness (QED) is 0.455. The number of piperazine rings is 1. The van der Waals surface area contributed by atoms with Crippen molar-refractivity contribution in [2.24, 2.45) is 0 Å². The zero-order valence-electron chi connectivity index (χ0n) is 17.9. The maximum Gasteiger partial charge on any atom is 0.253 e. The van der Waals surface area contributed by atoms with E-state index in [-0.39, 0.29) is 5.91 Å². The van der Waals surface area contributed by atoms with E-state index in [9.17, 15) is 4.79 Å². The van der Waals surface area contributed by atoms with E-state index in [1.165, 1.54) is 5.56 Å². The molecule has 5 heteroatoms. The molecule has 0 atom stereocenters. The van der Waals surface area contributed by atoms with Gasteiger partial charge in [0.05, 0.1) is 5.39 Å². The highest BCUT2D eigenvalue weighted by Crippen LogP contribution is 2.29. The number of amides is 1. The van der Waals surface area contributed by atoms with Crippen LogP contribution in [0.1, 0.15) is 15.9 Å². The van der Waals surface area contributed by atoms with E-state index in [2.05, 4.69) is 34.3 Å². The molecule has 1 aliphatic rings. The molecule has 1 amide bonds. The van der Waals surface area contributed by atoms with E-state index < -0.39 is 0 Å². The van der Waals surface area contributed by atoms with Crippen molar-refractivity contribution in [3.05, 3.63) is 96.1 Å². The normalized spacial score (nSPS) is 14.9. The van der Waals surface area contributed by atoms with Crippen LogP contribution in [0.15, 0.2) is 89.5 Å². The van der Waals surface area contributed by atoms with Crippen LogP contribution >= 0.6 is 0 Å². The minimum atomic E-state index is 0.0617. The molecule has 0 aliphatic carbocycles. The molecule has 1 aliphatic heterocycles. The van der Waals surface area contributed by atoms with Crippen LogP contribution < -0.4 is 0 Å². The van der Waals surface area contributed by atoms with Gasteiger partial charge in [0.2, 0.25) is 0 Å². The lowest BCUT2D eigenvalue weighted by Crippen LogP contribution is -2.48. The largest absolute Gasteiger partial charge is 0.355 e. The van der Waals surface area contributed by atoms with Gasteiger partial charge in [-0.25, -0.2) is 0 Å². The van der Waals surface area contributed by atoms with Crippen molar-refractivity contribution in [1.29, 1.82) is 0 Å². The first-order valence-corrected chi connectivity index (χ1v) is 11.0. The fraction of sp³-hybridized carbons (Fsp3) is 0.185. The summed E-state index contributed by atoms with van der Waals surface area (Å²) in [6.45, 7) is 4.09. The summed E-state index contributed by atoms with van der Waals surface area (Å²) in [7, 11) is 0. The molecule has 0 saturated carbocycles. The predicted octanol–water partition coefficient (Wildman–Crippen LogP) is 4.97. The highest BCUT2D eigenvalue weighted by Gasteiger charge is 2.22. The van der Waals surface area contributed by atoms with Gasteiger partial charge in [0.1, 0.15) is 5.52 Å². The molecular weight excluding hydrogens is 398 g/mol. The van der Waals surface area contributed by atoms with E-state index in [4.69, 9.17) is 4.52 Å². The molecule has 160 valence electrons. The third-order valence-electron chi connectivity index (χ3n) is 5.89. The SMILES string of the molecule is O=C(c1ccc2noc(-c3ccccc3)c2c1)N1CCN(C/C=C/c2ccccc2)CC1. The van der Waals surface area contributed by atoms with Crippen molar-refractivity contribution in [1.82, 2.24) is 15.0 Å². The number of nitrogens with zero attached hydrogens (tertiary/aromatic N) is 3. The first-order valence-electron chi connectivity index (χ1n) is 11.0. The second-order valence-corrected chi connectivity index (χ2v) is 8.02. The molecule has 1 aromatic heterocycles. The molecule has 4 aromatic rings. The monoisotopic (exact) mass is 423 g/mol. The molecule has 1 fully saturated rings. The van der Waals surface area contributed by atoms with Crippen molar-refractivity contribution < 1.29 is 9.32 Å². The van der Waals surface area contributed by atoms with Crippen LogP contribution in [-0.4, -0.2) is 53.6 Å². The molecule has 3 aromatic carbocycles. The van der Waals surface area contributed by atoms with E-state index in [1.807, 2.05) is 71.6 Å². The van der Waals surface area contributed by atoms with Crippen LogP contribution in [0.25, 0.3) is 28.3 Å². The number of fused-ring (bicyclic) bond motifs is 1. The van der Waals surface area contributed by atoms with Crippen LogP contribution in [0.4, 0.5) is 0 Å². The second kappa shape index (κ2) is 9.20. The highest BCUT2D eigenvalue weighted by molar-refractivity contribution is 6.01. The average Bonchev–Trinajstić information content (AvgIpc) is 3.29. The Morgan fingerprint density at radius 3 is 2.38 bits per heavy atom. The number of rotatable bonds is 5. The summed E-state index contributed by atoms with van der Waals surface area (Å²) >= 11 is 0. The van der Waals surface area contributed by atoms with Crippen molar-refractivity contribution in [2.45, 2.75) is 0 Å². The lowest BCUT2D eigenvalue weighted by Gasteiger charge is -2.34. The van der Waals surface area contributed by atoms with E-state index in [1.54, 1.807) is 0 Å². The smallest absolute Gasteiger partial charge is 0.253 e. The minimum Gasteiger partial charge on any atom is -0.355 e. The summed E-state index contributed by atoms with van der Waals surface area (Å²) in [4.78, 5) is 17.5. The summed E-state index contributed by atoms with van der Waals surface area (Å²) in [5.41, 5.74) is 3.60. The third-order valence-corrected chi connectivity index (χ3v) is 5.89. The van der Waals surface area contributed by atoms with Crippen molar-refractivity contribution in [3.8, 4) is 11.3 Å². The molecular formula is C27H25N3O2. The topological polar surface area (TPSA) is 49.6 Å². The molecule has 2 heterocycles. The summed E-state index contributed by atoms with van der Waals surface area (Å²) in [6, 6.07) is 25.8. The Hall–Kier alpha value is -3.70. The molecule has 5 rings (SSSR count). The zero-order chi connectivity index (χ0) is 21.8. The van der Waals surface area contributed by atoms with E-state index in [0.29, 0.717) is 11.3 Å². The zero-order valence-corrected chi connectivity index (χ0v) is 17.9. The summed E-state index contributed by atoms with van der Waals surface area (Å²) in [5, 5.41) is 5.02.